The molecule has 33 heavy (non-hydrogen) atoms. The number of unbranched alkanes of at least 4 members (excludes halogenated alkanes) is 3. The second kappa shape index (κ2) is 14.2. The monoisotopic (exact) mass is 486 g/mol. The van der Waals surface area contributed by atoms with Crippen LogP contribution in [0.25, 0.3) is 0 Å². The number of thiol groups is 1. The van der Waals surface area contributed by atoms with Crippen LogP contribution in [0, 0.1) is 5.92 Å². The maximum atomic E-state index is 12.2. The number of carbonyl (C=O) groups is 4. The molecule has 0 spiro atoms. The summed E-state index contributed by atoms with van der Waals surface area (Å²) in [7, 11) is 0. The number of ether oxygens (including phenoxy) is 1. The van der Waals surface area contributed by atoms with Crippen molar-refractivity contribution in [3.05, 3.63) is 12.2 Å². The molecule has 12 heteroatoms. The third-order valence-electron chi connectivity index (χ3n) is 5.50. The van der Waals surface area contributed by atoms with Gasteiger partial charge in [-0.15, -0.1) is 0 Å². The van der Waals surface area contributed by atoms with Crippen LogP contribution in [0.2, 0.25) is 0 Å². The molecule has 2 fully saturated rings. The number of hydrogen-bond acceptors (Lipinski definition) is 8. The van der Waals surface area contributed by atoms with E-state index in [0.29, 0.717) is 25.3 Å². The van der Waals surface area contributed by atoms with Crippen molar-refractivity contribution < 1.29 is 34.1 Å². The number of imide groups is 1. The highest BCUT2D eigenvalue weighted by Crippen LogP contribution is 2.25. The van der Waals surface area contributed by atoms with Gasteiger partial charge in [0.15, 0.2) is 0 Å². The predicted octanol–water partition coefficient (Wildman–Crippen LogP) is -0.708. The minimum absolute atomic E-state index is 0.00546. The summed E-state index contributed by atoms with van der Waals surface area (Å²) in [6.45, 7) is 0.764. The Morgan fingerprint density at radius 3 is 2.52 bits per heavy atom. The molecule has 0 aromatic carbocycles. The number of nitrogens with zero attached hydrogens (tertiary/aromatic N) is 1. The van der Waals surface area contributed by atoms with E-state index in [1.807, 2.05) is 0 Å². The van der Waals surface area contributed by atoms with Crippen molar-refractivity contribution in [2.24, 2.45) is 5.92 Å². The molecule has 5 N–H and O–H groups in total. The molecule has 2 unspecified atom stereocenters. The number of rotatable bonds is 13. The van der Waals surface area contributed by atoms with Crippen LogP contribution >= 0.6 is 12.6 Å². The molecule has 5 amide bonds. The molecular formula is C21H34N4O7S. The van der Waals surface area contributed by atoms with Crippen molar-refractivity contribution in [2.45, 2.75) is 57.0 Å². The Balaban J connectivity index is 1.66. The summed E-state index contributed by atoms with van der Waals surface area (Å²) in [6.07, 6.45) is 4.34. The van der Waals surface area contributed by atoms with E-state index in [1.165, 1.54) is 17.1 Å². The Morgan fingerprint density at radius 2 is 1.88 bits per heavy atom. The highest BCUT2D eigenvalue weighted by atomic mass is 32.1. The average Bonchev–Trinajstić information content (AvgIpc) is 3.15. The van der Waals surface area contributed by atoms with E-state index < -0.39 is 36.3 Å². The second-order valence-corrected chi connectivity index (χ2v) is 8.50. The molecule has 0 aliphatic carbocycles. The minimum Gasteiger partial charge on any atom is -0.394 e. The first-order valence-electron chi connectivity index (χ1n) is 11.2. The van der Waals surface area contributed by atoms with Gasteiger partial charge in [0.1, 0.15) is 12.3 Å². The van der Waals surface area contributed by atoms with Gasteiger partial charge in [0.2, 0.25) is 17.7 Å². The predicted molar refractivity (Wildman–Crippen MR) is 122 cm³/mol. The lowest BCUT2D eigenvalue weighted by Gasteiger charge is -2.34. The fraction of sp³-hybridized carbons (Fsp3) is 0.714. The molecule has 2 rings (SSSR count). The van der Waals surface area contributed by atoms with E-state index in [2.05, 4.69) is 28.6 Å². The standard InChI is InChI=1S/C21H34N4O7S/c26-13-16-15(27)11-19(32-16)25-12-14(20(30)24-21(25)31)5-6-17(28)22-8-3-1-2-4-9-23-18(29)7-10-33/h5-6,14-16,19,26-27,33H,1-4,7-13H2,(H,22,28)(H,23,29)(H,24,30,31)/b6-5+/t14?,15?,16-,19-/m1/s1. The largest absolute Gasteiger partial charge is 0.394 e. The molecule has 2 saturated heterocycles. The molecule has 0 bridgehead atoms. The lowest BCUT2D eigenvalue weighted by molar-refractivity contribution is -0.127. The Bertz CT molecular complexity index is 721. The fourth-order valence-corrected chi connectivity index (χ4v) is 3.81. The van der Waals surface area contributed by atoms with E-state index in [0.717, 1.165) is 25.7 Å². The lowest BCUT2D eigenvalue weighted by Crippen LogP contribution is -2.57. The van der Waals surface area contributed by atoms with E-state index in [1.54, 1.807) is 0 Å². The second-order valence-electron chi connectivity index (χ2n) is 8.06. The first-order chi connectivity index (χ1) is 15.8. The molecule has 2 aliphatic rings. The zero-order valence-electron chi connectivity index (χ0n) is 18.6. The molecule has 2 aliphatic heterocycles. The fourth-order valence-electron chi connectivity index (χ4n) is 3.61. The highest BCUT2D eigenvalue weighted by molar-refractivity contribution is 7.80. The summed E-state index contributed by atoms with van der Waals surface area (Å²) in [5.74, 6) is -1.05. The van der Waals surface area contributed by atoms with Crippen LogP contribution in [0.3, 0.4) is 0 Å². The third-order valence-corrected chi connectivity index (χ3v) is 5.72. The molecule has 11 nitrogen and oxygen atoms in total. The summed E-state index contributed by atoms with van der Waals surface area (Å²) < 4.78 is 5.49. The molecule has 2 heterocycles. The summed E-state index contributed by atoms with van der Waals surface area (Å²) in [6, 6.07) is -0.633. The Labute approximate surface area is 198 Å². The molecule has 0 saturated carbocycles. The average molecular weight is 487 g/mol. The number of nitrogens with one attached hydrogen (secondary N) is 3. The van der Waals surface area contributed by atoms with Crippen molar-refractivity contribution in [1.29, 1.82) is 0 Å². The minimum atomic E-state index is -0.901. The van der Waals surface area contributed by atoms with Gasteiger partial charge < -0.3 is 25.6 Å². The first kappa shape index (κ1) is 27.1. The molecule has 0 aromatic rings. The van der Waals surface area contributed by atoms with E-state index >= 15 is 0 Å². The summed E-state index contributed by atoms with van der Waals surface area (Å²) in [4.78, 5) is 48.9. The number of carbonyl (C=O) groups excluding carboxylic acids is 4. The van der Waals surface area contributed by atoms with Gasteiger partial charge in [0.05, 0.1) is 18.6 Å². The molecule has 0 radical (unpaired) electrons. The van der Waals surface area contributed by atoms with Crippen molar-refractivity contribution in [1.82, 2.24) is 20.9 Å². The number of aliphatic hydroxyl groups is 2. The van der Waals surface area contributed by atoms with Gasteiger partial charge >= 0.3 is 6.03 Å². The van der Waals surface area contributed by atoms with Gasteiger partial charge in [-0.25, -0.2) is 4.79 Å². The highest BCUT2D eigenvalue weighted by Gasteiger charge is 2.42. The van der Waals surface area contributed by atoms with Crippen molar-refractivity contribution in [3.63, 3.8) is 0 Å². The SMILES string of the molecule is O=C(/C=C/C1CN([C@H]2CC(O)[C@@H](CO)O2)C(=O)NC1=O)NCCCCCCNC(=O)CCS. The maximum absolute atomic E-state index is 12.2. The summed E-state index contributed by atoms with van der Waals surface area (Å²) in [5, 5.41) is 26.9. The number of amides is 5. The van der Waals surface area contributed by atoms with Crippen LogP contribution in [0.4, 0.5) is 4.79 Å². The zero-order chi connectivity index (χ0) is 24.2. The lowest BCUT2D eigenvalue weighted by atomic mass is 10.0. The molecular weight excluding hydrogens is 452 g/mol. The van der Waals surface area contributed by atoms with Crippen molar-refractivity contribution in [2.75, 3.05) is 32.0 Å². The van der Waals surface area contributed by atoms with Gasteiger partial charge in [-0.2, -0.15) is 12.6 Å². The Hall–Kier alpha value is -2.15. The van der Waals surface area contributed by atoms with Gasteiger partial charge in [-0.1, -0.05) is 18.9 Å². The third kappa shape index (κ3) is 8.95. The van der Waals surface area contributed by atoms with E-state index in [-0.39, 0.29) is 31.4 Å². The van der Waals surface area contributed by atoms with Gasteiger partial charge in [-0.3, -0.25) is 24.6 Å². The van der Waals surface area contributed by atoms with Gasteiger partial charge in [0.25, 0.3) is 0 Å². The smallest absolute Gasteiger partial charge is 0.326 e. The van der Waals surface area contributed by atoms with Crippen molar-refractivity contribution in [3.8, 4) is 0 Å². The Kier molecular flexibility index (Phi) is 11.6. The summed E-state index contributed by atoms with van der Waals surface area (Å²) >= 11 is 4.01. The van der Waals surface area contributed by atoms with Gasteiger partial charge in [0, 0.05) is 32.5 Å². The van der Waals surface area contributed by atoms with Gasteiger partial charge in [-0.05, 0) is 24.7 Å². The van der Waals surface area contributed by atoms with Crippen LogP contribution in [-0.4, -0.2) is 89.3 Å². The van der Waals surface area contributed by atoms with Crippen LogP contribution in [0.5, 0.6) is 0 Å². The number of aliphatic hydroxyl groups excluding tert-OH is 2. The Morgan fingerprint density at radius 1 is 1.18 bits per heavy atom. The van der Waals surface area contributed by atoms with Crippen molar-refractivity contribution >= 4 is 36.4 Å². The molecule has 4 atom stereocenters. The zero-order valence-corrected chi connectivity index (χ0v) is 19.5. The first-order valence-corrected chi connectivity index (χ1v) is 11.9. The van der Waals surface area contributed by atoms with E-state index in [9.17, 15) is 29.4 Å². The number of urea groups is 1. The van der Waals surface area contributed by atoms with Crippen LogP contribution in [-0.2, 0) is 19.1 Å². The maximum Gasteiger partial charge on any atom is 0.326 e. The normalized spacial score (nSPS) is 25.4. The number of hydrogen-bond donors (Lipinski definition) is 6. The quantitative estimate of drug-likeness (QED) is 0.114. The molecule has 0 aromatic heterocycles. The van der Waals surface area contributed by atoms with Crippen LogP contribution in [0.15, 0.2) is 12.2 Å². The summed E-state index contributed by atoms with van der Waals surface area (Å²) in [5.41, 5.74) is 0. The molecule has 186 valence electrons. The van der Waals surface area contributed by atoms with Crippen LogP contribution in [0.1, 0.15) is 38.5 Å². The van der Waals surface area contributed by atoms with E-state index in [4.69, 9.17) is 4.74 Å². The topological polar surface area (TPSA) is 157 Å². The van der Waals surface area contributed by atoms with Crippen LogP contribution < -0.4 is 16.0 Å².